The first kappa shape index (κ1) is 20.1. The van der Waals surface area contributed by atoms with Gasteiger partial charge in [0.05, 0.1) is 30.3 Å². The van der Waals surface area contributed by atoms with E-state index in [1.54, 1.807) is 6.92 Å². The average molecular weight is 424 g/mol. The van der Waals surface area contributed by atoms with E-state index < -0.39 is 9.84 Å². The standard InChI is InChI=1S/C16H18ClN7O3S/c1-4-5-24-14-12(9(2)21-16(17)23-14)22-13(15(24)25)20-7-10-6-19-11(8-18-10)28(3,26)27/h6,8H,4-5,7H2,1-3H3,(H,20,22). The molecule has 3 aromatic heterocycles. The molecule has 0 aliphatic carbocycles. The van der Waals surface area contributed by atoms with Crippen LogP contribution in [0.1, 0.15) is 24.7 Å². The summed E-state index contributed by atoms with van der Waals surface area (Å²) in [6.45, 7) is 4.27. The third kappa shape index (κ3) is 4.09. The second-order valence-corrected chi connectivity index (χ2v) is 8.44. The summed E-state index contributed by atoms with van der Waals surface area (Å²) in [6.07, 6.45) is 4.29. The van der Waals surface area contributed by atoms with E-state index in [1.807, 2.05) is 6.92 Å². The molecule has 0 aliphatic rings. The number of sulfone groups is 1. The quantitative estimate of drug-likeness (QED) is 0.583. The molecule has 0 saturated carbocycles. The van der Waals surface area contributed by atoms with Crippen LogP contribution in [-0.2, 0) is 22.9 Å². The van der Waals surface area contributed by atoms with Crippen LogP contribution in [-0.4, -0.2) is 44.2 Å². The van der Waals surface area contributed by atoms with Crippen LogP contribution in [0.25, 0.3) is 11.2 Å². The Morgan fingerprint density at radius 1 is 1.18 bits per heavy atom. The maximum absolute atomic E-state index is 12.8. The normalized spacial score (nSPS) is 11.7. The first-order chi connectivity index (χ1) is 13.2. The number of anilines is 1. The van der Waals surface area contributed by atoms with Gasteiger partial charge in [-0.15, -0.1) is 0 Å². The molecule has 0 spiro atoms. The minimum atomic E-state index is -3.42. The maximum Gasteiger partial charge on any atom is 0.294 e. The Labute approximate surface area is 166 Å². The molecule has 0 bridgehead atoms. The molecule has 148 valence electrons. The lowest BCUT2D eigenvalue weighted by atomic mass is 10.3. The minimum Gasteiger partial charge on any atom is -0.360 e. The van der Waals surface area contributed by atoms with Crippen molar-refractivity contribution in [1.82, 2.24) is 29.5 Å². The van der Waals surface area contributed by atoms with Crippen molar-refractivity contribution in [1.29, 1.82) is 0 Å². The molecular weight excluding hydrogens is 406 g/mol. The van der Waals surface area contributed by atoms with Crippen LogP contribution in [0.15, 0.2) is 22.2 Å². The van der Waals surface area contributed by atoms with Gasteiger partial charge in [0.15, 0.2) is 26.3 Å². The predicted octanol–water partition coefficient (Wildman–Crippen LogP) is 1.36. The fourth-order valence-electron chi connectivity index (χ4n) is 2.57. The summed E-state index contributed by atoms with van der Waals surface area (Å²) >= 11 is 5.94. The Balaban J connectivity index is 1.97. The number of nitrogens with one attached hydrogen (secondary N) is 1. The lowest BCUT2D eigenvalue weighted by molar-refractivity contribution is 0.597. The molecule has 1 N–H and O–H groups in total. The molecule has 0 aromatic carbocycles. The molecule has 3 aromatic rings. The molecule has 0 aliphatic heterocycles. The molecule has 28 heavy (non-hydrogen) atoms. The fourth-order valence-corrected chi connectivity index (χ4v) is 3.26. The van der Waals surface area contributed by atoms with Crippen LogP contribution in [0.4, 0.5) is 5.82 Å². The molecule has 3 rings (SSSR count). The SMILES string of the molecule is CCCn1c(=O)c(NCc2cnc(S(C)(=O)=O)cn2)nc2c(C)nc(Cl)nc21. The Kier molecular flexibility index (Phi) is 5.57. The lowest BCUT2D eigenvalue weighted by Gasteiger charge is -2.12. The van der Waals surface area contributed by atoms with Crippen LogP contribution in [0.3, 0.4) is 0 Å². The number of hydrogen-bond acceptors (Lipinski definition) is 9. The topological polar surface area (TPSA) is 133 Å². The van der Waals surface area contributed by atoms with Crippen LogP contribution in [0, 0.1) is 6.92 Å². The van der Waals surface area contributed by atoms with Crippen molar-refractivity contribution in [2.24, 2.45) is 0 Å². The minimum absolute atomic E-state index is 0.0537. The van der Waals surface area contributed by atoms with Gasteiger partial charge in [0, 0.05) is 12.8 Å². The average Bonchev–Trinajstić information content (AvgIpc) is 2.63. The van der Waals surface area contributed by atoms with Gasteiger partial charge in [0.25, 0.3) is 5.56 Å². The van der Waals surface area contributed by atoms with Gasteiger partial charge in [-0.2, -0.15) is 4.98 Å². The molecule has 0 saturated heterocycles. The smallest absolute Gasteiger partial charge is 0.294 e. The van der Waals surface area contributed by atoms with E-state index >= 15 is 0 Å². The summed E-state index contributed by atoms with van der Waals surface area (Å²) in [5, 5.41) is 2.87. The van der Waals surface area contributed by atoms with Gasteiger partial charge in [0.1, 0.15) is 5.52 Å². The summed E-state index contributed by atoms with van der Waals surface area (Å²) in [4.78, 5) is 33.4. The van der Waals surface area contributed by atoms with Gasteiger partial charge in [-0.1, -0.05) is 6.92 Å². The second-order valence-electron chi connectivity index (χ2n) is 6.14. The molecule has 0 radical (unpaired) electrons. The molecule has 0 atom stereocenters. The summed E-state index contributed by atoms with van der Waals surface area (Å²) in [5.74, 6) is 0.115. The zero-order valence-corrected chi connectivity index (χ0v) is 17.0. The van der Waals surface area contributed by atoms with E-state index in [-0.39, 0.29) is 28.2 Å². The van der Waals surface area contributed by atoms with E-state index in [0.29, 0.717) is 29.1 Å². The van der Waals surface area contributed by atoms with Crippen molar-refractivity contribution in [2.45, 2.75) is 38.4 Å². The predicted molar refractivity (Wildman–Crippen MR) is 104 cm³/mol. The number of aromatic nitrogens is 6. The summed E-state index contributed by atoms with van der Waals surface area (Å²) in [7, 11) is -3.42. The molecule has 10 nitrogen and oxygen atoms in total. The monoisotopic (exact) mass is 423 g/mol. The van der Waals surface area contributed by atoms with Gasteiger partial charge in [-0.25, -0.2) is 23.4 Å². The number of fused-ring (bicyclic) bond motifs is 1. The lowest BCUT2D eigenvalue weighted by Crippen LogP contribution is -2.26. The Bertz CT molecular complexity index is 1190. The summed E-state index contributed by atoms with van der Waals surface area (Å²) < 4.78 is 24.4. The van der Waals surface area contributed by atoms with E-state index in [4.69, 9.17) is 11.6 Å². The number of rotatable bonds is 6. The summed E-state index contributed by atoms with van der Waals surface area (Å²) in [6, 6.07) is 0. The van der Waals surface area contributed by atoms with E-state index in [0.717, 1.165) is 12.7 Å². The highest BCUT2D eigenvalue weighted by molar-refractivity contribution is 7.90. The van der Waals surface area contributed by atoms with Gasteiger partial charge in [-0.05, 0) is 24.9 Å². The largest absolute Gasteiger partial charge is 0.360 e. The number of nitrogens with zero attached hydrogens (tertiary/aromatic N) is 6. The van der Waals surface area contributed by atoms with Crippen molar-refractivity contribution < 1.29 is 8.42 Å². The van der Waals surface area contributed by atoms with Crippen molar-refractivity contribution in [2.75, 3.05) is 11.6 Å². The Morgan fingerprint density at radius 3 is 2.54 bits per heavy atom. The number of hydrogen-bond donors (Lipinski definition) is 1. The summed E-state index contributed by atoms with van der Waals surface area (Å²) in [5.41, 5.74) is 1.52. The Hall–Kier alpha value is -2.66. The molecule has 0 unspecified atom stereocenters. The third-order valence-corrected chi connectivity index (χ3v) is 5.02. The van der Waals surface area contributed by atoms with Crippen LogP contribution >= 0.6 is 11.6 Å². The Morgan fingerprint density at radius 2 is 1.93 bits per heavy atom. The molecule has 12 heteroatoms. The van der Waals surface area contributed by atoms with E-state index in [9.17, 15) is 13.2 Å². The van der Waals surface area contributed by atoms with Gasteiger partial charge >= 0.3 is 0 Å². The molecular formula is C16H18ClN7O3S. The zero-order chi connectivity index (χ0) is 20.5. The highest BCUT2D eigenvalue weighted by Gasteiger charge is 2.15. The molecule has 0 amide bonds. The van der Waals surface area contributed by atoms with Gasteiger partial charge in [0.2, 0.25) is 5.28 Å². The van der Waals surface area contributed by atoms with Crippen LogP contribution in [0.2, 0.25) is 5.28 Å². The van der Waals surface area contributed by atoms with E-state index in [1.165, 1.54) is 17.0 Å². The molecule has 3 heterocycles. The van der Waals surface area contributed by atoms with Gasteiger partial charge in [-0.3, -0.25) is 14.3 Å². The van der Waals surface area contributed by atoms with Crippen LogP contribution in [0.5, 0.6) is 0 Å². The van der Waals surface area contributed by atoms with Crippen molar-refractivity contribution in [3.8, 4) is 0 Å². The highest BCUT2D eigenvalue weighted by atomic mass is 35.5. The number of halogens is 1. The first-order valence-electron chi connectivity index (χ1n) is 8.40. The van der Waals surface area contributed by atoms with Gasteiger partial charge < -0.3 is 5.32 Å². The van der Waals surface area contributed by atoms with E-state index in [2.05, 4.69) is 30.2 Å². The van der Waals surface area contributed by atoms with Crippen molar-refractivity contribution >= 4 is 38.4 Å². The fraction of sp³-hybridized carbons (Fsp3) is 0.375. The first-order valence-corrected chi connectivity index (χ1v) is 10.7. The van der Waals surface area contributed by atoms with Crippen molar-refractivity contribution in [3.63, 3.8) is 0 Å². The number of aryl methyl sites for hydroxylation is 2. The zero-order valence-electron chi connectivity index (χ0n) is 15.5. The second kappa shape index (κ2) is 7.76. The van der Waals surface area contributed by atoms with Crippen LogP contribution < -0.4 is 10.9 Å². The molecule has 0 fully saturated rings. The van der Waals surface area contributed by atoms with Crippen molar-refractivity contribution in [3.05, 3.63) is 39.4 Å². The highest BCUT2D eigenvalue weighted by Crippen LogP contribution is 2.16. The maximum atomic E-state index is 12.8. The third-order valence-electron chi connectivity index (χ3n) is 3.89.